The van der Waals surface area contributed by atoms with Gasteiger partial charge < -0.3 is 15.6 Å². The number of rotatable bonds is 5. The van der Waals surface area contributed by atoms with Crippen LogP contribution in [0.3, 0.4) is 0 Å². The summed E-state index contributed by atoms with van der Waals surface area (Å²) in [5.41, 5.74) is 0.393. The molecule has 1 atom stereocenters. The monoisotopic (exact) mass is 222 g/mol. The lowest BCUT2D eigenvalue weighted by Crippen LogP contribution is -2.20. The molecule has 0 aromatic carbocycles. The first-order chi connectivity index (χ1) is 7.60. The van der Waals surface area contributed by atoms with Crippen molar-refractivity contribution < 1.29 is 15.0 Å². The number of aromatic nitrogens is 1. The normalized spacial score (nSPS) is 12.1. The highest BCUT2D eigenvalue weighted by Gasteiger charge is 2.15. The van der Waals surface area contributed by atoms with E-state index in [9.17, 15) is 4.79 Å². The summed E-state index contributed by atoms with van der Waals surface area (Å²) in [5.74, 6) is -1.41. The highest BCUT2D eigenvalue weighted by atomic mass is 16.4. The van der Waals surface area contributed by atoms with E-state index in [1.54, 1.807) is 12.1 Å². The van der Waals surface area contributed by atoms with Gasteiger partial charge in [0.1, 0.15) is 5.69 Å². The Morgan fingerprint density at radius 2 is 2.12 bits per heavy atom. The minimum Gasteiger partial charge on any atom is -0.477 e. The Labute approximate surface area is 93.3 Å². The zero-order valence-electron chi connectivity index (χ0n) is 8.97. The third kappa shape index (κ3) is 2.64. The molecule has 5 nitrogen and oxygen atoms in total. The Hall–Kier alpha value is -1.75. The lowest BCUT2D eigenvalue weighted by Gasteiger charge is -2.12. The van der Waals surface area contributed by atoms with Crippen molar-refractivity contribution in [1.29, 1.82) is 5.41 Å². The molecule has 0 radical (unpaired) electrons. The van der Waals surface area contributed by atoms with E-state index >= 15 is 0 Å². The highest BCUT2D eigenvalue weighted by molar-refractivity contribution is 5.99. The van der Waals surface area contributed by atoms with Crippen LogP contribution in [0.25, 0.3) is 0 Å². The van der Waals surface area contributed by atoms with Crippen LogP contribution in [0.2, 0.25) is 0 Å². The van der Waals surface area contributed by atoms with Gasteiger partial charge in [-0.25, -0.2) is 9.78 Å². The van der Waals surface area contributed by atoms with Crippen molar-refractivity contribution in [2.45, 2.75) is 13.3 Å². The molecule has 0 spiro atoms. The number of hydrogen-bond donors (Lipinski definition) is 3. The molecule has 0 unspecified atom stereocenters. The van der Waals surface area contributed by atoms with Crippen molar-refractivity contribution in [2.75, 3.05) is 6.61 Å². The zero-order chi connectivity index (χ0) is 12.1. The molecule has 0 aliphatic rings. The van der Waals surface area contributed by atoms with Gasteiger partial charge in [-0.3, -0.25) is 0 Å². The summed E-state index contributed by atoms with van der Waals surface area (Å²) in [7, 11) is 0. The molecule has 0 aliphatic heterocycles. The molecule has 86 valence electrons. The number of nitrogens with one attached hydrogen (secondary N) is 1. The minimum absolute atomic E-state index is 0.0879. The van der Waals surface area contributed by atoms with Crippen molar-refractivity contribution in [3.63, 3.8) is 0 Å². The molecule has 0 fully saturated rings. The number of carboxylic acid groups (broad SMARTS) is 1. The van der Waals surface area contributed by atoms with Gasteiger partial charge >= 0.3 is 5.97 Å². The Kier molecular flexibility index (Phi) is 4.13. The Morgan fingerprint density at radius 1 is 1.50 bits per heavy atom. The minimum atomic E-state index is -1.12. The Morgan fingerprint density at radius 3 is 2.62 bits per heavy atom. The second-order valence-electron chi connectivity index (χ2n) is 3.41. The van der Waals surface area contributed by atoms with Crippen LogP contribution >= 0.6 is 0 Å². The molecule has 0 amide bonds. The predicted molar refractivity (Wildman–Crippen MR) is 58.9 cm³/mol. The third-order valence-electron chi connectivity index (χ3n) is 2.37. The average Bonchev–Trinajstić information content (AvgIpc) is 2.30. The first kappa shape index (κ1) is 12.3. The highest BCUT2D eigenvalue weighted by Crippen LogP contribution is 2.10. The van der Waals surface area contributed by atoms with Crippen molar-refractivity contribution in [3.05, 3.63) is 29.6 Å². The Balaban J connectivity index is 3.00. The number of aromatic carboxylic acids is 1. The molecule has 1 aromatic heterocycles. The third-order valence-corrected chi connectivity index (χ3v) is 2.37. The molecule has 3 N–H and O–H groups in total. The van der Waals surface area contributed by atoms with E-state index in [0.29, 0.717) is 12.1 Å². The van der Waals surface area contributed by atoms with E-state index < -0.39 is 5.97 Å². The first-order valence-corrected chi connectivity index (χ1v) is 5.00. The second kappa shape index (κ2) is 5.37. The molecule has 1 rings (SSSR count). The van der Waals surface area contributed by atoms with Crippen LogP contribution in [0.1, 0.15) is 29.5 Å². The average molecular weight is 222 g/mol. The lowest BCUT2D eigenvalue weighted by molar-refractivity contribution is 0.0690. The van der Waals surface area contributed by atoms with Crippen LogP contribution in [0.5, 0.6) is 0 Å². The van der Waals surface area contributed by atoms with E-state index in [1.165, 1.54) is 6.07 Å². The summed E-state index contributed by atoms with van der Waals surface area (Å²) < 4.78 is 0. The number of aliphatic hydroxyl groups excluding tert-OH is 1. The molecule has 0 saturated heterocycles. The van der Waals surface area contributed by atoms with E-state index in [2.05, 4.69) is 4.98 Å². The first-order valence-electron chi connectivity index (χ1n) is 5.00. The van der Waals surface area contributed by atoms with Gasteiger partial charge in [-0.2, -0.15) is 0 Å². The van der Waals surface area contributed by atoms with E-state index in [-0.39, 0.29) is 23.9 Å². The van der Waals surface area contributed by atoms with E-state index in [4.69, 9.17) is 15.6 Å². The number of aliphatic hydroxyl groups is 1. The van der Waals surface area contributed by atoms with Gasteiger partial charge in [0.05, 0.1) is 18.0 Å². The van der Waals surface area contributed by atoms with Gasteiger partial charge in [-0.15, -0.1) is 0 Å². The number of nitrogens with zero attached hydrogens (tertiary/aromatic N) is 1. The number of carbonyl (C=O) groups is 1. The molecule has 0 bridgehead atoms. The van der Waals surface area contributed by atoms with Crippen molar-refractivity contribution in [3.8, 4) is 0 Å². The largest absolute Gasteiger partial charge is 0.477 e. The van der Waals surface area contributed by atoms with Crippen molar-refractivity contribution in [1.82, 2.24) is 4.98 Å². The summed E-state index contributed by atoms with van der Waals surface area (Å²) in [5, 5.41) is 25.6. The fraction of sp³-hybridized carbons (Fsp3) is 0.364. The van der Waals surface area contributed by atoms with Crippen LogP contribution in [0, 0.1) is 11.3 Å². The SMILES string of the molecule is CC[C@@H](CO)C(=N)c1cccc(C(=O)O)n1. The lowest BCUT2D eigenvalue weighted by atomic mass is 9.98. The Bertz CT molecular complexity index is 400. The molecule has 16 heavy (non-hydrogen) atoms. The maximum Gasteiger partial charge on any atom is 0.354 e. The smallest absolute Gasteiger partial charge is 0.354 e. The molecule has 0 aliphatic carbocycles. The van der Waals surface area contributed by atoms with Gasteiger partial charge in [0.25, 0.3) is 0 Å². The molecule has 5 heteroatoms. The van der Waals surface area contributed by atoms with Crippen molar-refractivity contribution >= 4 is 11.7 Å². The quantitative estimate of drug-likeness (QED) is 0.652. The fourth-order valence-electron chi connectivity index (χ4n) is 1.34. The van der Waals surface area contributed by atoms with Gasteiger partial charge in [0.15, 0.2) is 0 Å². The van der Waals surface area contributed by atoms with Crippen LogP contribution < -0.4 is 0 Å². The van der Waals surface area contributed by atoms with Crippen LogP contribution in [-0.2, 0) is 0 Å². The second-order valence-corrected chi connectivity index (χ2v) is 3.41. The maximum atomic E-state index is 10.7. The topological polar surface area (TPSA) is 94.3 Å². The zero-order valence-corrected chi connectivity index (χ0v) is 8.97. The van der Waals surface area contributed by atoms with Crippen molar-refractivity contribution in [2.24, 2.45) is 5.92 Å². The molecular weight excluding hydrogens is 208 g/mol. The number of hydrogen-bond acceptors (Lipinski definition) is 4. The van der Waals surface area contributed by atoms with Gasteiger partial charge in [0.2, 0.25) is 0 Å². The summed E-state index contributed by atoms with van der Waals surface area (Å²) in [6.07, 6.45) is 0.619. The van der Waals surface area contributed by atoms with Gasteiger partial charge in [0, 0.05) is 5.92 Å². The number of carboxylic acids is 1. The standard InChI is InChI=1S/C11H14N2O3/c1-2-7(6-14)10(12)8-4-3-5-9(13-8)11(15)16/h3-5,7,12,14H,2,6H2,1H3,(H,15,16)/t7-/m0/s1. The van der Waals surface area contributed by atoms with E-state index in [1.807, 2.05) is 6.92 Å². The van der Waals surface area contributed by atoms with Gasteiger partial charge in [-0.05, 0) is 18.6 Å². The predicted octanol–water partition coefficient (Wildman–Crippen LogP) is 1.17. The fourth-order valence-corrected chi connectivity index (χ4v) is 1.34. The van der Waals surface area contributed by atoms with Crippen LogP contribution in [-0.4, -0.2) is 33.5 Å². The molecule has 0 saturated carbocycles. The molecule has 1 heterocycles. The molecular formula is C11H14N2O3. The van der Waals surface area contributed by atoms with E-state index in [0.717, 1.165) is 0 Å². The van der Waals surface area contributed by atoms with Gasteiger partial charge in [-0.1, -0.05) is 13.0 Å². The summed E-state index contributed by atoms with van der Waals surface area (Å²) in [6, 6.07) is 4.50. The van der Waals surface area contributed by atoms with Crippen LogP contribution in [0.4, 0.5) is 0 Å². The summed E-state index contributed by atoms with van der Waals surface area (Å²) >= 11 is 0. The number of pyridine rings is 1. The molecule has 1 aromatic rings. The summed E-state index contributed by atoms with van der Waals surface area (Å²) in [6.45, 7) is 1.73. The summed E-state index contributed by atoms with van der Waals surface area (Å²) in [4.78, 5) is 14.6. The van der Waals surface area contributed by atoms with Crippen LogP contribution in [0.15, 0.2) is 18.2 Å². The maximum absolute atomic E-state index is 10.7.